The molecule has 2 rings (SSSR count). The van der Waals surface area contributed by atoms with E-state index in [0.717, 1.165) is 0 Å². The zero-order valence-corrected chi connectivity index (χ0v) is 12.2. The van der Waals surface area contributed by atoms with E-state index < -0.39 is 30.4 Å². The SMILES string of the molecule is O=C(NCC(F)(F)F)C1CCC(=O)N(Cc2ccccc2F)C1. The molecule has 0 spiro atoms. The molecule has 1 heterocycles. The highest BCUT2D eigenvalue weighted by atomic mass is 19.4. The predicted molar refractivity (Wildman–Crippen MR) is 73.6 cm³/mol. The van der Waals surface area contributed by atoms with Crippen molar-refractivity contribution in [3.8, 4) is 0 Å². The minimum atomic E-state index is -4.48. The van der Waals surface area contributed by atoms with E-state index in [0.29, 0.717) is 5.56 Å². The molecule has 1 saturated heterocycles. The van der Waals surface area contributed by atoms with Crippen LogP contribution in [0.1, 0.15) is 18.4 Å². The largest absolute Gasteiger partial charge is 0.405 e. The van der Waals surface area contributed by atoms with Crippen LogP contribution in [0.2, 0.25) is 0 Å². The second kappa shape index (κ2) is 6.97. The number of carbonyl (C=O) groups excluding carboxylic acids is 2. The molecule has 2 amide bonds. The number of piperidine rings is 1. The number of amides is 2. The minimum Gasteiger partial charge on any atom is -0.347 e. The molecule has 1 unspecified atom stereocenters. The van der Waals surface area contributed by atoms with Crippen LogP contribution in [0.4, 0.5) is 17.6 Å². The van der Waals surface area contributed by atoms with Crippen LogP contribution in [0.15, 0.2) is 24.3 Å². The van der Waals surface area contributed by atoms with Gasteiger partial charge in [-0.1, -0.05) is 18.2 Å². The van der Waals surface area contributed by atoms with Crippen LogP contribution < -0.4 is 5.32 Å². The number of likely N-dealkylation sites (tertiary alicyclic amines) is 1. The van der Waals surface area contributed by atoms with Gasteiger partial charge in [0.2, 0.25) is 11.8 Å². The molecule has 8 heteroatoms. The molecule has 1 aliphatic heterocycles. The lowest BCUT2D eigenvalue weighted by Gasteiger charge is -2.32. The molecule has 1 fully saturated rings. The monoisotopic (exact) mass is 332 g/mol. The van der Waals surface area contributed by atoms with Crippen molar-refractivity contribution in [2.24, 2.45) is 5.92 Å². The van der Waals surface area contributed by atoms with Gasteiger partial charge in [-0.3, -0.25) is 9.59 Å². The number of rotatable bonds is 4. The Balaban J connectivity index is 1.97. The topological polar surface area (TPSA) is 49.4 Å². The number of halogens is 4. The van der Waals surface area contributed by atoms with Crippen molar-refractivity contribution in [1.82, 2.24) is 10.2 Å². The Kier molecular flexibility index (Phi) is 5.23. The first kappa shape index (κ1) is 17.2. The van der Waals surface area contributed by atoms with Gasteiger partial charge in [0.1, 0.15) is 12.4 Å². The van der Waals surface area contributed by atoms with Crippen molar-refractivity contribution in [2.45, 2.75) is 25.6 Å². The molecule has 1 atom stereocenters. The summed E-state index contributed by atoms with van der Waals surface area (Å²) >= 11 is 0. The number of hydrogen-bond acceptors (Lipinski definition) is 2. The molecule has 0 radical (unpaired) electrons. The van der Waals surface area contributed by atoms with Crippen molar-refractivity contribution in [1.29, 1.82) is 0 Å². The summed E-state index contributed by atoms with van der Waals surface area (Å²) in [6.07, 6.45) is -4.23. The van der Waals surface area contributed by atoms with Crippen molar-refractivity contribution in [2.75, 3.05) is 13.1 Å². The fourth-order valence-corrected chi connectivity index (χ4v) is 2.45. The van der Waals surface area contributed by atoms with Gasteiger partial charge in [-0.05, 0) is 12.5 Å². The van der Waals surface area contributed by atoms with Crippen LogP contribution >= 0.6 is 0 Å². The quantitative estimate of drug-likeness (QED) is 0.860. The molecule has 1 aromatic rings. The summed E-state index contributed by atoms with van der Waals surface area (Å²) in [5.41, 5.74) is 0.303. The van der Waals surface area contributed by atoms with Crippen molar-refractivity contribution >= 4 is 11.8 Å². The maximum atomic E-state index is 13.6. The summed E-state index contributed by atoms with van der Waals surface area (Å²) in [6, 6.07) is 5.93. The summed E-state index contributed by atoms with van der Waals surface area (Å²) < 4.78 is 50.0. The average molecular weight is 332 g/mol. The Morgan fingerprint density at radius 2 is 2.00 bits per heavy atom. The van der Waals surface area contributed by atoms with E-state index in [1.54, 1.807) is 6.07 Å². The number of carbonyl (C=O) groups is 2. The molecule has 1 aliphatic rings. The second-order valence-electron chi connectivity index (χ2n) is 5.43. The third-order valence-corrected chi connectivity index (χ3v) is 3.65. The predicted octanol–water partition coefficient (Wildman–Crippen LogP) is 2.24. The summed E-state index contributed by atoms with van der Waals surface area (Å²) in [7, 11) is 0. The van der Waals surface area contributed by atoms with Gasteiger partial charge in [0.25, 0.3) is 0 Å². The van der Waals surface area contributed by atoms with Crippen LogP contribution in [-0.2, 0) is 16.1 Å². The van der Waals surface area contributed by atoms with Gasteiger partial charge in [-0.15, -0.1) is 0 Å². The van der Waals surface area contributed by atoms with E-state index in [4.69, 9.17) is 0 Å². The molecule has 23 heavy (non-hydrogen) atoms. The first-order valence-electron chi connectivity index (χ1n) is 7.12. The molecule has 1 aromatic carbocycles. The van der Waals surface area contributed by atoms with Gasteiger partial charge >= 0.3 is 6.18 Å². The van der Waals surface area contributed by atoms with E-state index in [1.165, 1.54) is 23.1 Å². The van der Waals surface area contributed by atoms with Crippen LogP contribution in [0, 0.1) is 11.7 Å². The molecule has 1 N–H and O–H groups in total. The summed E-state index contributed by atoms with van der Waals surface area (Å²) in [6.45, 7) is -1.42. The average Bonchev–Trinajstić information content (AvgIpc) is 2.48. The number of alkyl halides is 3. The van der Waals surface area contributed by atoms with Gasteiger partial charge in [-0.2, -0.15) is 13.2 Å². The highest BCUT2D eigenvalue weighted by Gasteiger charge is 2.33. The fraction of sp³-hybridized carbons (Fsp3) is 0.467. The Hall–Kier alpha value is -2.12. The smallest absolute Gasteiger partial charge is 0.347 e. The maximum Gasteiger partial charge on any atom is 0.405 e. The van der Waals surface area contributed by atoms with Crippen LogP contribution in [0.3, 0.4) is 0 Å². The minimum absolute atomic E-state index is 0.00540. The summed E-state index contributed by atoms with van der Waals surface area (Å²) in [5.74, 6) is -2.17. The van der Waals surface area contributed by atoms with Gasteiger partial charge in [0.15, 0.2) is 0 Å². The highest BCUT2D eigenvalue weighted by molar-refractivity contribution is 5.83. The van der Waals surface area contributed by atoms with E-state index in [2.05, 4.69) is 0 Å². The van der Waals surface area contributed by atoms with Crippen LogP contribution in [0.25, 0.3) is 0 Å². The van der Waals surface area contributed by atoms with Crippen molar-refractivity contribution < 1.29 is 27.2 Å². The Morgan fingerprint density at radius 3 is 2.65 bits per heavy atom. The molecule has 126 valence electrons. The van der Waals surface area contributed by atoms with Crippen LogP contribution in [-0.4, -0.2) is 36.0 Å². The molecular weight excluding hydrogens is 316 g/mol. The van der Waals surface area contributed by atoms with Gasteiger partial charge in [0.05, 0.1) is 5.92 Å². The number of nitrogens with zero attached hydrogens (tertiary/aromatic N) is 1. The van der Waals surface area contributed by atoms with E-state index >= 15 is 0 Å². The van der Waals surface area contributed by atoms with E-state index in [9.17, 15) is 27.2 Å². The van der Waals surface area contributed by atoms with E-state index in [-0.39, 0.29) is 31.8 Å². The normalized spacial score (nSPS) is 18.9. The first-order valence-corrected chi connectivity index (χ1v) is 7.12. The van der Waals surface area contributed by atoms with Gasteiger partial charge in [0, 0.05) is 25.1 Å². The lowest BCUT2D eigenvalue weighted by Crippen LogP contribution is -2.47. The lowest BCUT2D eigenvalue weighted by molar-refractivity contribution is -0.145. The lowest BCUT2D eigenvalue weighted by atomic mass is 9.96. The van der Waals surface area contributed by atoms with Crippen molar-refractivity contribution in [3.63, 3.8) is 0 Å². The number of benzene rings is 1. The molecule has 0 aliphatic carbocycles. The Bertz CT molecular complexity index is 589. The second-order valence-corrected chi connectivity index (χ2v) is 5.43. The first-order chi connectivity index (χ1) is 10.8. The molecule has 4 nitrogen and oxygen atoms in total. The third-order valence-electron chi connectivity index (χ3n) is 3.65. The zero-order valence-electron chi connectivity index (χ0n) is 12.2. The fourth-order valence-electron chi connectivity index (χ4n) is 2.45. The Labute approximate surface area is 130 Å². The zero-order chi connectivity index (χ0) is 17.0. The Morgan fingerprint density at radius 1 is 1.30 bits per heavy atom. The highest BCUT2D eigenvalue weighted by Crippen LogP contribution is 2.21. The molecular formula is C15H16F4N2O2. The van der Waals surface area contributed by atoms with E-state index in [1.807, 2.05) is 5.32 Å². The van der Waals surface area contributed by atoms with Crippen molar-refractivity contribution in [3.05, 3.63) is 35.6 Å². The number of nitrogens with one attached hydrogen (secondary N) is 1. The molecule has 0 saturated carbocycles. The number of hydrogen-bond donors (Lipinski definition) is 1. The maximum absolute atomic E-state index is 13.6. The standard InChI is InChI=1S/C15H16F4N2O2/c16-12-4-2-1-3-10(12)7-21-8-11(5-6-13(21)22)14(23)20-9-15(17,18)19/h1-4,11H,5-9H2,(H,20,23). The van der Waals surface area contributed by atoms with Gasteiger partial charge in [-0.25, -0.2) is 4.39 Å². The summed E-state index contributed by atoms with van der Waals surface area (Å²) in [5, 5.41) is 1.83. The van der Waals surface area contributed by atoms with Crippen LogP contribution in [0.5, 0.6) is 0 Å². The van der Waals surface area contributed by atoms with Gasteiger partial charge < -0.3 is 10.2 Å². The molecule has 0 bridgehead atoms. The molecule has 0 aromatic heterocycles. The summed E-state index contributed by atoms with van der Waals surface area (Å²) in [4.78, 5) is 25.0. The third kappa shape index (κ3) is 4.94.